The van der Waals surface area contributed by atoms with Crippen molar-refractivity contribution in [2.45, 2.75) is 18.7 Å². The Morgan fingerprint density at radius 2 is 1.47 bits per heavy atom. The Labute approximate surface area is 196 Å². The molecule has 0 spiro atoms. The Kier molecular flexibility index (Phi) is 7.69. The molecule has 178 valence electrons. The summed E-state index contributed by atoms with van der Waals surface area (Å²) in [6.07, 6.45) is 0. The van der Waals surface area contributed by atoms with Crippen LogP contribution in [0, 0.1) is 10.1 Å². The number of para-hydroxylation sites is 1. The molecule has 0 radical (unpaired) electrons. The standard InChI is InChI=1S/C23H23N3O7S/c1-3-32-20-15-18(25-34(30,31)22-13-9-8-12-19(22)26(28)29)21(33-4-2)14-17(20)24-23(27)16-10-6-5-7-11-16/h5-15,25H,3-4H2,1-2H3,(H,24,27). The number of hydrogen-bond donors (Lipinski definition) is 2. The van der Waals surface area contributed by atoms with Crippen molar-refractivity contribution in [1.29, 1.82) is 0 Å². The van der Waals surface area contributed by atoms with Gasteiger partial charge in [0.2, 0.25) is 0 Å². The Morgan fingerprint density at radius 1 is 0.912 bits per heavy atom. The van der Waals surface area contributed by atoms with E-state index >= 15 is 0 Å². The molecule has 0 fully saturated rings. The molecule has 3 aromatic rings. The van der Waals surface area contributed by atoms with Gasteiger partial charge in [0.15, 0.2) is 4.90 Å². The van der Waals surface area contributed by atoms with Gasteiger partial charge in [-0.05, 0) is 32.0 Å². The van der Waals surface area contributed by atoms with Crippen LogP contribution in [-0.2, 0) is 10.0 Å². The van der Waals surface area contributed by atoms with Crippen LogP contribution < -0.4 is 19.5 Å². The van der Waals surface area contributed by atoms with Crippen LogP contribution >= 0.6 is 0 Å². The molecule has 34 heavy (non-hydrogen) atoms. The lowest BCUT2D eigenvalue weighted by Crippen LogP contribution is -2.17. The number of hydrogen-bond acceptors (Lipinski definition) is 7. The lowest BCUT2D eigenvalue weighted by Gasteiger charge is -2.18. The summed E-state index contributed by atoms with van der Waals surface area (Å²) in [5.41, 5.74) is 0.128. The third-order valence-corrected chi connectivity index (χ3v) is 5.97. The molecule has 0 unspecified atom stereocenters. The minimum absolute atomic E-state index is 0.00108. The summed E-state index contributed by atoms with van der Waals surface area (Å²) in [6, 6.07) is 16.3. The maximum absolute atomic E-state index is 13.0. The van der Waals surface area contributed by atoms with Gasteiger partial charge in [-0.25, -0.2) is 8.42 Å². The van der Waals surface area contributed by atoms with Crippen LogP contribution in [0.5, 0.6) is 11.5 Å². The van der Waals surface area contributed by atoms with Crippen LogP contribution in [0.4, 0.5) is 17.1 Å². The van der Waals surface area contributed by atoms with Crippen LogP contribution in [0.1, 0.15) is 24.2 Å². The minimum Gasteiger partial charge on any atom is -0.492 e. The number of ether oxygens (including phenoxy) is 2. The number of nitrogens with one attached hydrogen (secondary N) is 2. The van der Waals surface area contributed by atoms with Crippen molar-refractivity contribution in [3.8, 4) is 11.5 Å². The SMILES string of the molecule is CCOc1cc(NS(=O)(=O)c2ccccc2[N+](=O)[O-])c(OCC)cc1NC(=O)c1ccccc1. The smallest absolute Gasteiger partial charge is 0.289 e. The average Bonchev–Trinajstić information content (AvgIpc) is 2.82. The molecule has 0 aliphatic rings. The van der Waals surface area contributed by atoms with Gasteiger partial charge in [0.05, 0.1) is 29.5 Å². The third-order valence-electron chi connectivity index (χ3n) is 4.56. The molecule has 0 saturated carbocycles. The molecule has 0 aliphatic heterocycles. The Balaban J connectivity index is 2.03. The fraction of sp³-hybridized carbons (Fsp3) is 0.174. The van der Waals surface area contributed by atoms with Crippen LogP contribution in [0.25, 0.3) is 0 Å². The highest BCUT2D eigenvalue weighted by Gasteiger charge is 2.27. The number of sulfonamides is 1. The van der Waals surface area contributed by atoms with E-state index in [1.807, 2.05) is 0 Å². The summed E-state index contributed by atoms with van der Waals surface area (Å²) in [6.45, 7) is 3.87. The molecule has 11 heteroatoms. The molecule has 0 bridgehead atoms. The number of carbonyl (C=O) groups excluding carboxylic acids is 1. The zero-order valence-electron chi connectivity index (χ0n) is 18.5. The predicted octanol–water partition coefficient (Wildman–Crippen LogP) is 4.45. The Hall–Kier alpha value is -4.12. The van der Waals surface area contributed by atoms with Gasteiger partial charge in [-0.3, -0.25) is 19.6 Å². The van der Waals surface area contributed by atoms with E-state index in [2.05, 4.69) is 10.0 Å². The first-order valence-electron chi connectivity index (χ1n) is 10.3. The van der Waals surface area contributed by atoms with Gasteiger partial charge in [-0.2, -0.15) is 0 Å². The van der Waals surface area contributed by atoms with Gasteiger partial charge in [-0.1, -0.05) is 30.3 Å². The Morgan fingerprint density at radius 3 is 2.09 bits per heavy atom. The molecule has 3 aromatic carbocycles. The summed E-state index contributed by atoms with van der Waals surface area (Å²) >= 11 is 0. The number of rotatable bonds is 10. The molecule has 3 rings (SSSR count). The highest BCUT2D eigenvalue weighted by molar-refractivity contribution is 7.92. The molecular formula is C23H23N3O7S. The van der Waals surface area contributed by atoms with E-state index in [4.69, 9.17) is 9.47 Å². The number of amides is 1. The number of nitrogens with zero attached hydrogens (tertiary/aromatic N) is 1. The van der Waals surface area contributed by atoms with E-state index < -0.39 is 31.4 Å². The number of carbonyl (C=O) groups is 1. The van der Waals surface area contributed by atoms with Gasteiger partial charge in [0.1, 0.15) is 11.5 Å². The second kappa shape index (κ2) is 10.7. The van der Waals surface area contributed by atoms with E-state index in [-0.39, 0.29) is 36.1 Å². The predicted molar refractivity (Wildman–Crippen MR) is 127 cm³/mol. The quantitative estimate of drug-likeness (QED) is 0.320. The van der Waals surface area contributed by atoms with Crippen LogP contribution in [0.2, 0.25) is 0 Å². The monoisotopic (exact) mass is 485 g/mol. The molecule has 0 aromatic heterocycles. The molecular weight excluding hydrogens is 462 g/mol. The fourth-order valence-electron chi connectivity index (χ4n) is 3.11. The van der Waals surface area contributed by atoms with E-state index in [1.165, 1.54) is 24.3 Å². The number of nitro groups is 1. The van der Waals surface area contributed by atoms with Crippen LogP contribution in [0.3, 0.4) is 0 Å². The maximum Gasteiger partial charge on any atom is 0.289 e. The summed E-state index contributed by atoms with van der Waals surface area (Å²) in [5, 5.41) is 14.1. The van der Waals surface area contributed by atoms with Crippen molar-refractivity contribution in [3.63, 3.8) is 0 Å². The first kappa shape index (κ1) is 24.5. The van der Waals surface area contributed by atoms with E-state index in [0.717, 1.165) is 12.1 Å². The first-order valence-corrected chi connectivity index (χ1v) is 11.8. The number of anilines is 2. The van der Waals surface area contributed by atoms with E-state index in [9.17, 15) is 23.3 Å². The lowest BCUT2D eigenvalue weighted by molar-refractivity contribution is -0.387. The van der Waals surface area contributed by atoms with Crippen molar-refractivity contribution in [3.05, 3.63) is 82.4 Å². The molecule has 0 saturated heterocycles. The second-order valence-corrected chi connectivity index (χ2v) is 8.51. The van der Waals surface area contributed by atoms with Crippen LogP contribution in [-0.4, -0.2) is 32.5 Å². The van der Waals surface area contributed by atoms with Crippen molar-refractivity contribution in [1.82, 2.24) is 0 Å². The van der Waals surface area contributed by atoms with Gasteiger partial charge in [-0.15, -0.1) is 0 Å². The largest absolute Gasteiger partial charge is 0.492 e. The second-order valence-electron chi connectivity index (χ2n) is 6.86. The van der Waals surface area contributed by atoms with E-state index in [0.29, 0.717) is 5.56 Å². The minimum atomic E-state index is -4.35. The highest BCUT2D eigenvalue weighted by Crippen LogP contribution is 2.38. The number of nitro benzene ring substituents is 1. The lowest BCUT2D eigenvalue weighted by atomic mass is 10.2. The summed E-state index contributed by atoms with van der Waals surface area (Å²) in [4.78, 5) is 22.7. The van der Waals surface area contributed by atoms with Crippen molar-refractivity contribution in [2.75, 3.05) is 23.3 Å². The van der Waals surface area contributed by atoms with Gasteiger partial charge in [0, 0.05) is 23.8 Å². The molecule has 0 atom stereocenters. The van der Waals surface area contributed by atoms with E-state index in [1.54, 1.807) is 44.2 Å². The third kappa shape index (κ3) is 5.62. The topological polar surface area (TPSA) is 137 Å². The van der Waals surface area contributed by atoms with Gasteiger partial charge < -0.3 is 14.8 Å². The highest BCUT2D eigenvalue weighted by atomic mass is 32.2. The zero-order valence-corrected chi connectivity index (χ0v) is 19.3. The molecule has 2 N–H and O–H groups in total. The van der Waals surface area contributed by atoms with Gasteiger partial charge >= 0.3 is 0 Å². The van der Waals surface area contributed by atoms with Crippen molar-refractivity contribution in [2.24, 2.45) is 0 Å². The summed E-state index contributed by atoms with van der Waals surface area (Å²) in [5.74, 6) is -0.0933. The van der Waals surface area contributed by atoms with Crippen LogP contribution in [0.15, 0.2) is 71.6 Å². The first-order chi connectivity index (χ1) is 16.3. The fourth-order valence-corrected chi connectivity index (χ4v) is 4.34. The van der Waals surface area contributed by atoms with Crippen molar-refractivity contribution >= 4 is 33.0 Å². The summed E-state index contributed by atoms with van der Waals surface area (Å²) in [7, 11) is -4.35. The number of benzene rings is 3. The average molecular weight is 486 g/mol. The summed E-state index contributed by atoms with van der Waals surface area (Å²) < 4.78 is 39.6. The molecule has 0 heterocycles. The normalized spacial score (nSPS) is 10.9. The Bertz CT molecular complexity index is 1300. The molecule has 0 aliphatic carbocycles. The molecule has 10 nitrogen and oxygen atoms in total. The van der Waals surface area contributed by atoms with Crippen molar-refractivity contribution < 1.29 is 27.6 Å². The van der Waals surface area contributed by atoms with Gasteiger partial charge in [0.25, 0.3) is 21.6 Å². The molecule has 1 amide bonds. The zero-order chi connectivity index (χ0) is 24.7. The maximum atomic E-state index is 13.0.